The third kappa shape index (κ3) is 2.21. The molecule has 0 saturated heterocycles. The molecule has 17 heavy (non-hydrogen) atoms. The van der Waals surface area contributed by atoms with E-state index in [4.69, 9.17) is 9.52 Å². The lowest BCUT2D eigenvalue weighted by atomic mass is 10.2. The molecule has 1 aromatic carbocycles. The normalized spacial score (nSPS) is 10.5. The zero-order valence-corrected chi connectivity index (χ0v) is 10.3. The number of carbonyl (C=O) groups is 1. The summed E-state index contributed by atoms with van der Waals surface area (Å²) in [5.41, 5.74) is 0.346. The van der Waals surface area contributed by atoms with E-state index in [-0.39, 0.29) is 22.9 Å². The van der Waals surface area contributed by atoms with Gasteiger partial charge in [0.25, 0.3) is 0 Å². The highest BCUT2D eigenvalue weighted by atomic mass is 79.9. The molecule has 1 N–H and O–H groups in total. The van der Waals surface area contributed by atoms with E-state index in [0.29, 0.717) is 4.47 Å². The number of hydrogen-bond acceptors (Lipinski definition) is 3. The van der Waals surface area contributed by atoms with Crippen LogP contribution in [0.4, 0.5) is 4.39 Å². The van der Waals surface area contributed by atoms with E-state index in [1.54, 1.807) is 6.07 Å². The lowest BCUT2D eigenvalue weighted by Gasteiger charge is -1.98. The number of rotatable bonds is 2. The quantitative estimate of drug-likeness (QED) is 0.924. The number of aryl methyl sites for hydroxylation is 1. The van der Waals surface area contributed by atoms with Crippen molar-refractivity contribution in [1.82, 2.24) is 4.98 Å². The van der Waals surface area contributed by atoms with Crippen LogP contribution < -0.4 is 0 Å². The lowest BCUT2D eigenvalue weighted by molar-refractivity contribution is 0.0662. The molecule has 6 heteroatoms. The van der Waals surface area contributed by atoms with Crippen molar-refractivity contribution in [3.05, 3.63) is 39.9 Å². The molecule has 0 bridgehead atoms. The molecule has 1 heterocycles. The van der Waals surface area contributed by atoms with Crippen molar-refractivity contribution in [2.45, 2.75) is 6.92 Å². The molecule has 0 aliphatic carbocycles. The second-order valence-electron chi connectivity index (χ2n) is 3.36. The predicted octanol–water partition coefficient (Wildman–Crippen LogP) is 3.25. The molecule has 1 aromatic heterocycles. The SMILES string of the molecule is Cc1nc(-c2ccc(Br)cc2F)oc1C(=O)O. The van der Waals surface area contributed by atoms with Crippen LogP contribution in [0.3, 0.4) is 0 Å². The summed E-state index contributed by atoms with van der Waals surface area (Å²) in [6, 6.07) is 4.35. The van der Waals surface area contributed by atoms with Crippen molar-refractivity contribution < 1.29 is 18.7 Å². The fourth-order valence-corrected chi connectivity index (χ4v) is 1.71. The molecule has 0 spiro atoms. The number of halogens is 2. The van der Waals surface area contributed by atoms with Gasteiger partial charge in [-0.2, -0.15) is 0 Å². The maximum atomic E-state index is 13.6. The summed E-state index contributed by atoms with van der Waals surface area (Å²) in [6.07, 6.45) is 0. The second-order valence-corrected chi connectivity index (χ2v) is 4.28. The number of aromatic carboxylic acids is 1. The van der Waals surface area contributed by atoms with Crippen LogP contribution in [0.25, 0.3) is 11.5 Å². The number of aromatic nitrogens is 1. The molecule has 88 valence electrons. The van der Waals surface area contributed by atoms with Gasteiger partial charge >= 0.3 is 5.97 Å². The van der Waals surface area contributed by atoms with E-state index in [2.05, 4.69) is 20.9 Å². The van der Waals surface area contributed by atoms with Crippen LogP contribution in [0.5, 0.6) is 0 Å². The smallest absolute Gasteiger partial charge is 0.373 e. The Bertz CT molecular complexity index is 594. The highest BCUT2D eigenvalue weighted by Crippen LogP contribution is 2.26. The number of hydrogen-bond donors (Lipinski definition) is 1. The van der Waals surface area contributed by atoms with Gasteiger partial charge in [-0.1, -0.05) is 15.9 Å². The summed E-state index contributed by atoms with van der Waals surface area (Å²) in [5, 5.41) is 8.80. The Labute approximate surface area is 104 Å². The van der Waals surface area contributed by atoms with Crippen molar-refractivity contribution in [2.24, 2.45) is 0 Å². The average molecular weight is 300 g/mol. The van der Waals surface area contributed by atoms with Crippen LogP contribution in [-0.4, -0.2) is 16.1 Å². The van der Waals surface area contributed by atoms with Crippen molar-refractivity contribution in [1.29, 1.82) is 0 Å². The van der Waals surface area contributed by atoms with Crippen LogP contribution in [0.15, 0.2) is 27.1 Å². The van der Waals surface area contributed by atoms with Crippen LogP contribution in [0.1, 0.15) is 16.2 Å². The molecule has 0 aliphatic heterocycles. The van der Waals surface area contributed by atoms with Gasteiger partial charge in [-0.25, -0.2) is 14.2 Å². The number of carboxylic acids is 1. The van der Waals surface area contributed by atoms with Crippen molar-refractivity contribution in [3.8, 4) is 11.5 Å². The summed E-state index contributed by atoms with van der Waals surface area (Å²) in [6.45, 7) is 1.49. The Morgan fingerprint density at radius 3 is 2.76 bits per heavy atom. The summed E-state index contributed by atoms with van der Waals surface area (Å²) >= 11 is 3.13. The van der Waals surface area contributed by atoms with E-state index >= 15 is 0 Å². The van der Waals surface area contributed by atoms with Crippen LogP contribution in [0.2, 0.25) is 0 Å². The molecule has 0 atom stereocenters. The van der Waals surface area contributed by atoms with Gasteiger partial charge < -0.3 is 9.52 Å². The Kier molecular flexibility index (Phi) is 2.97. The molecule has 0 fully saturated rings. The fourth-order valence-electron chi connectivity index (χ4n) is 1.37. The molecule has 0 radical (unpaired) electrons. The topological polar surface area (TPSA) is 63.3 Å². The molecule has 4 nitrogen and oxygen atoms in total. The van der Waals surface area contributed by atoms with E-state index in [0.717, 1.165) is 0 Å². The monoisotopic (exact) mass is 299 g/mol. The van der Waals surface area contributed by atoms with E-state index < -0.39 is 11.8 Å². The predicted molar refractivity (Wildman–Crippen MR) is 61.3 cm³/mol. The fraction of sp³-hybridized carbons (Fsp3) is 0.0909. The van der Waals surface area contributed by atoms with Crippen LogP contribution >= 0.6 is 15.9 Å². The van der Waals surface area contributed by atoms with Gasteiger partial charge in [0.15, 0.2) is 0 Å². The number of carboxylic acid groups (broad SMARTS) is 1. The van der Waals surface area contributed by atoms with Crippen LogP contribution in [0, 0.1) is 12.7 Å². The number of nitrogens with zero attached hydrogens (tertiary/aromatic N) is 1. The van der Waals surface area contributed by atoms with Crippen molar-refractivity contribution in [2.75, 3.05) is 0 Å². The minimum atomic E-state index is -1.22. The summed E-state index contributed by atoms with van der Waals surface area (Å²) < 4.78 is 19.2. The summed E-state index contributed by atoms with van der Waals surface area (Å²) in [7, 11) is 0. The minimum Gasteiger partial charge on any atom is -0.475 e. The van der Waals surface area contributed by atoms with Crippen molar-refractivity contribution in [3.63, 3.8) is 0 Å². The lowest BCUT2D eigenvalue weighted by Crippen LogP contribution is -1.95. The van der Waals surface area contributed by atoms with Gasteiger partial charge in [-0.15, -0.1) is 0 Å². The zero-order chi connectivity index (χ0) is 12.6. The molecule has 0 unspecified atom stereocenters. The molecule has 0 aliphatic rings. The number of oxazole rings is 1. The van der Waals surface area contributed by atoms with E-state index in [9.17, 15) is 9.18 Å². The largest absolute Gasteiger partial charge is 0.475 e. The highest BCUT2D eigenvalue weighted by molar-refractivity contribution is 9.10. The Hall–Kier alpha value is -1.69. The number of benzene rings is 1. The van der Waals surface area contributed by atoms with E-state index in [1.165, 1.54) is 19.1 Å². The van der Waals surface area contributed by atoms with Gasteiger partial charge in [0.05, 0.1) is 11.3 Å². The van der Waals surface area contributed by atoms with Crippen molar-refractivity contribution >= 4 is 21.9 Å². The van der Waals surface area contributed by atoms with Gasteiger partial charge in [0, 0.05) is 4.47 Å². The highest BCUT2D eigenvalue weighted by Gasteiger charge is 2.19. The standard InChI is InChI=1S/C11H7BrFNO3/c1-5-9(11(15)16)17-10(14-5)7-3-2-6(12)4-8(7)13/h2-4H,1H3,(H,15,16). The molecule has 2 rings (SSSR count). The second kappa shape index (κ2) is 4.29. The maximum absolute atomic E-state index is 13.6. The van der Waals surface area contributed by atoms with Gasteiger partial charge in [0.2, 0.25) is 11.7 Å². The van der Waals surface area contributed by atoms with Gasteiger partial charge in [-0.05, 0) is 25.1 Å². The first-order valence-electron chi connectivity index (χ1n) is 4.65. The molecular formula is C11H7BrFNO3. The Balaban J connectivity index is 2.53. The molecule has 2 aromatic rings. The third-order valence-electron chi connectivity index (χ3n) is 2.15. The maximum Gasteiger partial charge on any atom is 0.373 e. The minimum absolute atomic E-state index is 0.0371. The summed E-state index contributed by atoms with van der Waals surface area (Å²) in [4.78, 5) is 14.7. The van der Waals surface area contributed by atoms with Crippen LogP contribution in [-0.2, 0) is 0 Å². The Morgan fingerprint density at radius 1 is 1.53 bits per heavy atom. The first-order chi connectivity index (χ1) is 7.99. The molecular weight excluding hydrogens is 293 g/mol. The van der Waals surface area contributed by atoms with Gasteiger partial charge in [-0.3, -0.25) is 0 Å². The first-order valence-corrected chi connectivity index (χ1v) is 5.44. The first kappa shape index (κ1) is 11.8. The molecule has 0 amide bonds. The van der Waals surface area contributed by atoms with Gasteiger partial charge in [0.1, 0.15) is 5.82 Å². The third-order valence-corrected chi connectivity index (χ3v) is 2.65. The Morgan fingerprint density at radius 2 is 2.24 bits per heavy atom. The zero-order valence-electron chi connectivity index (χ0n) is 8.70. The molecule has 0 saturated carbocycles. The summed E-state index contributed by atoms with van der Waals surface area (Å²) in [5.74, 6) is -2.07. The average Bonchev–Trinajstić information content (AvgIpc) is 2.60. The van der Waals surface area contributed by atoms with E-state index in [1.807, 2.05) is 0 Å².